The molecule has 0 atom stereocenters. The highest BCUT2D eigenvalue weighted by molar-refractivity contribution is 14.0. The van der Waals surface area contributed by atoms with Gasteiger partial charge in [-0.15, -0.1) is 24.0 Å². The molecule has 7 heteroatoms. The highest BCUT2D eigenvalue weighted by Gasteiger charge is 2.03. The smallest absolute Gasteiger partial charge is 0.246 e. The van der Waals surface area contributed by atoms with E-state index in [1.165, 1.54) is 0 Å². The minimum Gasteiger partial charge on any atom is -0.370 e. The van der Waals surface area contributed by atoms with Crippen LogP contribution in [-0.4, -0.2) is 18.4 Å². The predicted octanol–water partition coefficient (Wildman–Crippen LogP) is 4.05. The van der Waals surface area contributed by atoms with Crippen molar-refractivity contribution in [3.05, 3.63) is 58.1 Å². The van der Waals surface area contributed by atoms with Gasteiger partial charge in [-0.05, 0) is 55.3 Å². The zero-order valence-electron chi connectivity index (χ0n) is 13.5. The summed E-state index contributed by atoms with van der Waals surface area (Å²) in [6.45, 7) is 3.98. The van der Waals surface area contributed by atoms with Crippen LogP contribution in [0.25, 0.3) is 0 Å². The molecule has 0 aliphatic heterocycles. The van der Waals surface area contributed by atoms with Crippen molar-refractivity contribution in [2.75, 3.05) is 17.2 Å². The number of aryl methyl sites for hydroxylation is 2. The first-order chi connectivity index (χ1) is 10.9. The molecule has 4 N–H and O–H groups in total. The highest BCUT2D eigenvalue weighted by atomic mass is 127. The Morgan fingerprint density at radius 2 is 1.75 bits per heavy atom. The van der Waals surface area contributed by atoms with Crippen molar-refractivity contribution in [3.8, 4) is 0 Å². The summed E-state index contributed by atoms with van der Waals surface area (Å²) in [5, 5.41) is 5.75. The number of nitrogens with zero attached hydrogens (tertiary/aromatic N) is 1. The van der Waals surface area contributed by atoms with Crippen LogP contribution in [0.15, 0.2) is 51.9 Å². The number of rotatable bonds is 4. The predicted molar refractivity (Wildman–Crippen MR) is 114 cm³/mol. The number of benzene rings is 2. The van der Waals surface area contributed by atoms with Crippen LogP contribution in [0.1, 0.15) is 11.1 Å². The average Bonchev–Trinajstić information content (AvgIpc) is 2.44. The third kappa shape index (κ3) is 6.88. The normalized spacial score (nSPS) is 10.7. The fraction of sp³-hybridized carbons (Fsp3) is 0.176. The van der Waals surface area contributed by atoms with E-state index in [4.69, 9.17) is 5.73 Å². The van der Waals surface area contributed by atoms with Crippen LogP contribution in [0.4, 0.5) is 11.4 Å². The van der Waals surface area contributed by atoms with Gasteiger partial charge in [0.2, 0.25) is 5.91 Å². The quantitative estimate of drug-likeness (QED) is 0.335. The van der Waals surface area contributed by atoms with Gasteiger partial charge < -0.3 is 16.4 Å². The molecule has 128 valence electrons. The molecule has 0 unspecified atom stereocenters. The Balaban J connectivity index is 0.00000288. The van der Waals surface area contributed by atoms with E-state index in [0.717, 1.165) is 21.3 Å². The van der Waals surface area contributed by atoms with E-state index >= 15 is 0 Å². The number of hydrogen-bond acceptors (Lipinski definition) is 2. The summed E-state index contributed by atoms with van der Waals surface area (Å²) in [6, 6.07) is 13.4. The van der Waals surface area contributed by atoms with Crippen LogP contribution in [0.3, 0.4) is 0 Å². The summed E-state index contributed by atoms with van der Waals surface area (Å²) in [5.74, 6) is -0.0207. The van der Waals surface area contributed by atoms with Crippen LogP contribution in [0.5, 0.6) is 0 Å². The van der Waals surface area contributed by atoms with Crippen LogP contribution in [-0.2, 0) is 4.79 Å². The molecule has 0 saturated carbocycles. The summed E-state index contributed by atoms with van der Waals surface area (Å²) < 4.78 is 0.898. The van der Waals surface area contributed by atoms with Crippen molar-refractivity contribution >= 4 is 63.1 Å². The number of guanidine groups is 1. The van der Waals surface area contributed by atoms with Gasteiger partial charge in [0.1, 0.15) is 6.54 Å². The van der Waals surface area contributed by atoms with E-state index in [-0.39, 0.29) is 42.4 Å². The molecule has 5 nitrogen and oxygen atoms in total. The van der Waals surface area contributed by atoms with Crippen molar-refractivity contribution in [3.63, 3.8) is 0 Å². The van der Waals surface area contributed by atoms with Crippen LogP contribution in [0, 0.1) is 13.8 Å². The maximum absolute atomic E-state index is 11.9. The average molecular weight is 503 g/mol. The first-order valence-corrected chi connectivity index (χ1v) is 7.92. The Labute approximate surface area is 167 Å². The Morgan fingerprint density at radius 1 is 1.08 bits per heavy atom. The Bertz CT molecular complexity index is 729. The summed E-state index contributed by atoms with van der Waals surface area (Å²) in [6.07, 6.45) is 0. The molecule has 2 rings (SSSR count). The van der Waals surface area contributed by atoms with Crippen LogP contribution >= 0.6 is 39.9 Å². The third-order valence-electron chi connectivity index (χ3n) is 3.00. The standard InChI is InChI=1S/C17H19BrN4O.HI/c1-11-6-12(2)8-15(7-11)22-17(19)20-10-16(23)21-14-5-3-4-13(18)9-14;/h3-9H,10H2,1-2H3,(H,21,23)(H3,19,20,22);1H. The van der Waals surface area contributed by atoms with Crippen molar-refractivity contribution in [2.45, 2.75) is 13.8 Å². The molecule has 0 aliphatic rings. The van der Waals surface area contributed by atoms with Gasteiger partial charge in [0.15, 0.2) is 5.96 Å². The number of amides is 1. The molecular weight excluding hydrogens is 483 g/mol. The number of aliphatic imine (C=N–C) groups is 1. The molecule has 0 bridgehead atoms. The molecule has 0 aromatic heterocycles. The molecule has 1 amide bonds. The SMILES string of the molecule is Cc1cc(C)cc(NC(N)=NCC(=O)Nc2cccc(Br)c2)c1.I. The van der Waals surface area contributed by atoms with Gasteiger partial charge in [0, 0.05) is 15.8 Å². The molecule has 2 aromatic carbocycles. The zero-order valence-corrected chi connectivity index (χ0v) is 17.4. The van der Waals surface area contributed by atoms with Gasteiger partial charge in [-0.3, -0.25) is 4.79 Å². The van der Waals surface area contributed by atoms with E-state index in [1.54, 1.807) is 0 Å². The lowest BCUT2D eigenvalue weighted by Gasteiger charge is -2.08. The molecular formula is C17H20BrIN4O. The molecule has 0 spiro atoms. The van der Waals surface area contributed by atoms with Gasteiger partial charge in [-0.2, -0.15) is 0 Å². The second-order valence-electron chi connectivity index (χ2n) is 5.26. The number of halogens is 2. The van der Waals surface area contributed by atoms with Crippen LogP contribution < -0.4 is 16.4 Å². The van der Waals surface area contributed by atoms with Gasteiger partial charge in [0.25, 0.3) is 0 Å². The Kier molecular flexibility index (Phi) is 8.20. The second kappa shape index (κ2) is 9.63. The topological polar surface area (TPSA) is 79.5 Å². The number of hydrogen-bond donors (Lipinski definition) is 3. The lowest BCUT2D eigenvalue weighted by molar-refractivity contribution is -0.114. The molecule has 0 fully saturated rings. The zero-order chi connectivity index (χ0) is 16.8. The van der Waals surface area contributed by atoms with Gasteiger partial charge >= 0.3 is 0 Å². The first kappa shape index (κ1) is 20.4. The lowest BCUT2D eigenvalue weighted by Crippen LogP contribution is -2.25. The number of carbonyl (C=O) groups is 1. The Hall–Kier alpha value is -1.61. The summed E-state index contributed by atoms with van der Waals surface area (Å²) in [7, 11) is 0. The van der Waals surface area contributed by atoms with Crippen molar-refractivity contribution in [1.29, 1.82) is 0 Å². The lowest BCUT2D eigenvalue weighted by atomic mass is 10.1. The number of carbonyl (C=O) groups excluding carboxylic acids is 1. The first-order valence-electron chi connectivity index (χ1n) is 7.13. The molecule has 0 saturated heterocycles. The second-order valence-corrected chi connectivity index (χ2v) is 6.18. The summed E-state index contributed by atoms with van der Waals surface area (Å²) >= 11 is 3.35. The number of nitrogens with one attached hydrogen (secondary N) is 2. The van der Waals surface area contributed by atoms with E-state index in [2.05, 4.69) is 37.6 Å². The number of anilines is 2. The van der Waals surface area contributed by atoms with Crippen molar-refractivity contribution < 1.29 is 4.79 Å². The van der Waals surface area contributed by atoms with E-state index in [1.807, 2.05) is 50.2 Å². The summed E-state index contributed by atoms with van der Waals surface area (Å²) in [4.78, 5) is 15.9. The fourth-order valence-electron chi connectivity index (χ4n) is 2.16. The fourth-order valence-corrected chi connectivity index (χ4v) is 2.56. The molecule has 0 aliphatic carbocycles. The maximum Gasteiger partial charge on any atom is 0.246 e. The highest BCUT2D eigenvalue weighted by Crippen LogP contribution is 2.15. The Morgan fingerprint density at radius 3 is 2.38 bits per heavy atom. The van der Waals surface area contributed by atoms with E-state index in [9.17, 15) is 4.79 Å². The monoisotopic (exact) mass is 502 g/mol. The minimum absolute atomic E-state index is 0. The van der Waals surface area contributed by atoms with Crippen LogP contribution in [0.2, 0.25) is 0 Å². The largest absolute Gasteiger partial charge is 0.370 e. The van der Waals surface area contributed by atoms with Crippen molar-refractivity contribution in [1.82, 2.24) is 0 Å². The molecule has 0 radical (unpaired) electrons. The van der Waals surface area contributed by atoms with Gasteiger partial charge in [0.05, 0.1) is 0 Å². The van der Waals surface area contributed by atoms with Gasteiger partial charge in [-0.1, -0.05) is 28.1 Å². The minimum atomic E-state index is -0.228. The summed E-state index contributed by atoms with van der Waals surface area (Å²) in [5.41, 5.74) is 9.65. The van der Waals surface area contributed by atoms with Gasteiger partial charge in [-0.25, -0.2) is 4.99 Å². The van der Waals surface area contributed by atoms with Crippen molar-refractivity contribution in [2.24, 2.45) is 10.7 Å². The molecule has 0 heterocycles. The van der Waals surface area contributed by atoms with E-state index in [0.29, 0.717) is 5.69 Å². The third-order valence-corrected chi connectivity index (χ3v) is 3.49. The van der Waals surface area contributed by atoms with E-state index < -0.39 is 0 Å². The number of nitrogens with two attached hydrogens (primary N) is 1. The maximum atomic E-state index is 11.9. The molecule has 2 aromatic rings. The molecule has 24 heavy (non-hydrogen) atoms.